The second-order valence-corrected chi connectivity index (χ2v) is 6.56. The van der Waals surface area contributed by atoms with E-state index in [0.717, 1.165) is 5.39 Å². The van der Waals surface area contributed by atoms with E-state index >= 15 is 0 Å². The Bertz CT molecular complexity index is 1160. The number of nitrogens with zero attached hydrogens (tertiary/aromatic N) is 2. The van der Waals surface area contributed by atoms with Crippen LogP contribution in [-0.4, -0.2) is 35.5 Å². The maximum atomic E-state index is 12.4. The topological polar surface area (TPSA) is 121 Å². The van der Waals surface area contributed by atoms with E-state index in [4.69, 9.17) is 9.47 Å². The van der Waals surface area contributed by atoms with Gasteiger partial charge in [-0.05, 0) is 37.6 Å². The summed E-state index contributed by atoms with van der Waals surface area (Å²) in [6, 6.07) is 11.0. The van der Waals surface area contributed by atoms with Crippen LogP contribution in [0.2, 0.25) is 0 Å². The third kappa shape index (κ3) is 4.52. The van der Waals surface area contributed by atoms with Crippen LogP contribution >= 0.6 is 0 Å². The van der Waals surface area contributed by atoms with Crippen LogP contribution < -0.4 is 10.1 Å². The van der Waals surface area contributed by atoms with Gasteiger partial charge in [0.2, 0.25) is 0 Å². The number of aromatic nitrogens is 1. The SMILES string of the molecule is COc1ccc2cc(C(=O)OCC(=O)Nc3cc([N+](=O)[O-])ccc3C)c(C)nc2c1. The molecule has 0 aliphatic rings. The van der Waals surface area contributed by atoms with Gasteiger partial charge in [-0.25, -0.2) is 4.79 Å². The second kappa shape index (κ2) is 8.56. The molecule has 1 amide bonds. The van der Waals surface area contributed by atoms with Crippen LogP contribution in [0.5, 0.6) is 5.75 Å². The van der Waals surface area contributed by atoms with E-state index in [-0.39, 0.29) is 16.9 Å². The number of fused-ring (bicyclic) bond motifs is 1. The molecule has 9 heteroatoms. The van der Waals surface area contributed by atoms with Crippen LogP contribution in [0.15, 0.2) is 42.5 Å². The molecular weight excluding hydrogens is 390 g/mol. The maximum absolute atomic E-state index is 12.4. The average Bonchev–Trinajstić information content (AvgIpc) is 2.72. The van der Waals surface area contributed by atoms with Crippen molar-refractivity contribution in [2.45, 2.75) is 13.8 Å². The highest BCUT2D eigenvalue weighted by Gasteiger charge is 2.16. The first kappa shape index (κ1) is 20.7. The molecule has 9 nitrogen and oxygen atoms in total. The number of non-ortho nitro benzene ring substituents is 1. The molecule has 154 valence electrons. The molecule has 0 spiro atoms. The first-order valence-corrected chi connectivity index (χ1v) is 8.96. The zero-order valence-electron chi connectivity index (χ0n) is 16.6. The van der Waals surface area contributed by atoms with Gasteiger partial charge in [-0.1, -0.05) is 6.07 Å². The smallest absolute Gasteiger partial charge is 0.340 e. The van der Waals surface area contributed by atoms with E-state index in [1.54, 1.807) is 45.2 Å². The molecule has 30 heavy (non-hydrogen) atoms. The number of carbonyl (C=O) groups excluding carboxylic acids is 2. The highest BCUT2D eigenvalue weighted by atomic mass is 16.6. The lowest BCUT2D eigenvalue weighted by atomic mass is 10.1. The van der Waals surface area contributed by atoms with Crippen LogP contribution in [-0.2, 0) is 9.53 Å². The van der Waals surface area contributed by atoms with E-state index in [1.807, 2.05) is 0 Å². The molecule has 0 aliphatic carbocycles. The Hall–Kier alpha value is -4.01. The molecule has 0 aliphatic heterocycles. The zero-order valence-corrected chi connectivity index (χ0v) is 16.6. The van der Waals surface area contributed by atoms with Gasteiger partial charge in [0, 0.05) is 23.6 Å². The number of carbonyl (C=O) groups is 2. The molecule has 3 rings (SSSR count). The van der Waals surface area contributed by atoms with Gasteiger partial charge in [0.25, 0.3) is 11.6 Å². The van der Waals surface area contributed by atoms with E-state index < -0.39 is 23.4 Å². The van der Waals surface area contributed by atoms with Crippen molar-refractivity contribution in [3.63, 3.8) is 0 Å². The summed E-state index contributed by atoms with van der Waals surface area (Å²) in [5, 5.41) is 14.1. The van der Waals surface area contributed by atoms with Crippen molar-refractivity contribution >= 4 is 34.2 Å². The highest BCUT2D eigenvalue weighted by Crippen LogP contribution is 2.23. The number of esters is 1. The summed E-state index contributed by atoms with van der Waals surface area (Å²) in [5.41, 5.74) is 2.14. The molecule has 0 unspecified atom stereocenters. The highest BCUT2D eigenvalue weighted by molar-refractivity contribution is 5.98. The number of nitro groups is 1. The van der Waals surface area contributed by atoms with E-state index in [1.165, 1.54) is 18.2 Å². The summed E-state index contributed by atoms with van der Waals surface area (Å²) in [6.45, 7) is 2.83. The van der Waals surface area contributed by atoms with Gasteiger partial charge in [0.05, 0.1) is 34.5 Å². The largest absolute Gasteiger partial charge is 0.497 e. The van der Waals surface area contributed by atoms with Gasteiger partial charge in [0.15, 0.2) is 6.61 Å². The lowest BCUT2D eigenvalue weighted by Gasteiger charge is -2.10. The Morgan fingerprint density at radius 3 is 2.60 bits per heavy atom. The third-order valence-electron chi connectivity index (χ3n) is 4.48. The zero-order chi connectivity index (χ0) is 21.8. The minimum Gasteiger partial charge on any atom is -0.497 e. The molecule has 3 aromatic rings. The van der Waals surface area contributed by atoms with Gasteiger partial charge in [-0.3, -0.25) is 19.9 Å². The number of aryl methyl sites for hydroxylation is 2. The molecule has 2 aromatic carbocycles. The van der Waals surface area contributed by atoms with Gasteiger partial charge < -0.3 is 14.8 Å². The molecule has 0 saturated heterocycles. The van der Waals surface area contributed by atoms with Crippen molar-refractivity contribution < 1.29 is 24.0 Å². The number of nitrogens with one attached hydrogen (secondary N) is 1. The monoisotopic (exact) mass is 409 g/mol. The van der Waals surface area contributed by atoms with Crippen molar-refractivity contribution in [2.75, 3.05) is 19.0 Å². The Balaban J connectivity index is 1.69. The summed E-state index contributed by atoms with van der Waals surface area (Å²) >= 11 is 0. The quantitative estimate of drug-likeness (QED) is 0.375. The number of anilines is 1. The number of amides is 1. The van der Waals surface area contributed by atoms with Crippen molar-refractivity contribution in [3.05, 3.63) is 69.4 Å². The predicted octanol–water partition coefficient (Wildman–Crippen LogP) is 3.56. The molecule has 0 bridgehead atoms. The summed E-state index contributed by atoms with van der Waals surface area (Å²) in [6.07, 6.45) is 0. The van der Waals surface area contributed by atoms with Gasteiger partial charge in [-0.2, -0.15) is 0 Å². The molecule has 0 radical (unpaired) electrons. The Kier molecular flexibility index (Phi) is 5.91. The predicted molar refractivity (Wildman–Crippen MR) is 110 cm³/mol. The Labute approximate surface area is 171 Å². The lowest BCUT2D eigenvalue weighted by Crippen LogP contribution is -2.22. The number of ether oxygens (including phenoxy) is 2. The summed E-state index contributed by atoms with van der Waals surface area (Å²) in [7, 11) is 1.56. The van der Waals surface area contributed by atoms with Crippen LogP contribution in [0.25, 0.3) is 10.9 Å². The van der Waals surface area contributed by atoms with Crippen molar-refractivity contribution in [1.29, 1.82) is 0 Å². The lowest BCUT2D eigenvalue weighted by molar-refractivity contribution is -0.384. The van der Waals surface area contributed by atoms with Crippen LogP contribution in [0, 0.1) is 24.0 Å². The van der Waals surface area contributed by atoms with Crippen molar-refractivity contribution in [2.24, 2.45) is 0 Å². The van der Waals surface area contributed by atoms with Gasteiger partial charge in [0.1, 0.15) is 5.75 Å². The fraction of sp³-hybridized carbons (Fsp3) is 0.190. The number of methoxy groups -OCH3 is 1. The molecular formula is C21H19N3O6. The first-order chi connectivity index (χ1) is 14.3. The molecule has 0 saturated carbocycles. The average molecular weight is 409 g/mol. The van der Waals surface area contributed by atoms with Crippen LogP contribution in [0.1, 0.15) is 21.6 Å². The van der Waals surface area contributed by atoms with Crippen LogP contribution in [0.4, 0.5) is 11.4 Å². The van der Waals surface area contributed by atoms with Gasteiger partial charge in [-0.15, -0.1) is 0 Å². The number of pyridine rings is 1. The number of nitro benzene ring substituents is 1. The molecule has 0 atom stereocenters. The van der Waals surface area contributed by atoms with E-state index in [0.29, 0.717) is 22.5 Å². The van der Waals surface area contributed by atoms with E-state index in [9.17, 15) is 19.7 Å². The fourth-order valence-electron chi connectivity index (χ4n) is 2.83. The summed E-state index contributed by atoms with van der Waals surface area (Å²) in [5.74, 6) is -0.649. The Morgan fingerprint density at radius 1 is 1.13 bits per heavy atom. The molecule has 1 heterocycles. The molecule has 1 N–H and O–H groups in total. The van der Waals surface area contributed by atoms with Crippen molar-refractivity contribution in [3.8, 4) is 5.75 Å². The minimum absolute atomic E-state index is 0.151. The molecule has 0 fully saturated rings. The maximum Gasteiger partial charge on any atom is 0.340 e. The number of benzene rings is 2. The summed E-state index contributed by atoms with van der Waals surface area (Å²) < 4.78 is 10.3. The van der Waals surface area contributed by atoms with Crippen LogP contribution in [0.3, 0.4) is 0 Å². The Morgan fingerprint density at radius 2 is 1.90 bits per heavy atom. The number of rotatable bonds is 6. The first-order valence-electron chi connectivity index (χ1n) is 8.96. The van der Waals surface area contributed by atoms with E-state index in [2.05, 4.69) is 10.3 Å². The third-order valence-corrected chi connectivity index (χ3v) is 4.48. The fourth-order valence-corrected chi connectivity index (χ4v) is 2.83. The minimum atomic E-state index is -0.691. The standard InChI is InChI=1S/C21H19N3O6/c1-12-4-6-15(24(27)28)9-18(12)23-20(25)11-30-21(26)17-8-14-5-7-16(29-3)10-19(14)22-13(17)2/h4-10H,11H2,1-3H3,(H,23,25). The number of hydrogen-bond donors (Lipinski definition) is 1. The summed E-state index contributed by atoms with van der Waals surface area (Å²) in [4.78, 5) is 39.3. The second-order valence-electron chi connectivity index (χ2n) is 6.56. The molecule has 1 aromatic heterocycles. The number of hydrogen-bond acceptors (Lipinski definition) is 7. The van der Waals surface area contributed by atoms with Gasteiger partial charge >= 0.3 is 5.97 Å². The normalized spacial score (nSPS) is 10.5. The van der Waals surface area contributed by atoms with Crippen molar-refractivity contribution in [1.82, 2.24) is 4.98 Å².